The smallest absolute Gasteiger partial charge is 0.243 e. The molecule has 1 unspecified atom stereocenters. The van der Waals surface area contributed by atoms with Gasteiger partial charge in [0.2, 0.25) is 16.8 Å². The summed E-state index contributed by atoms with van der Waals surface area (Å²) in [4.78, 5) is 0.108. The normalized spacial score (nSPS) is 20.5. The van der Waals surface area contributed by atoms with Gasteiger partial charge >= 0.3 is 0 Å². The lowest BCUT2D eigenvalue weighted by atomic mass is 10.0. The molecule has 0 radical (unpaired) electrons. The Kier molecular flexibility index (Phi) is 3.69. The highest BCUT2D eigenvalue weighted by Crippen LogP contribution is 2.41. The Morgan fingerprint density at radius 2 is 1.79 bits per heavy atom. The van der Waals surface area contributed by atoms with Crippen LogP contribution in [0.5, 0.6) is 11.5 Å². The summed E-state index contributed by atoms with van der Waals surface area (Å²) < 4.78 is 51.1. The van der Waals surface area contributed by atoms with E-state index in [1.54, 1.807) is 6.07 Å². The molecule has 0 spiro atoms. The average molecular weight is 349 g/mol. The number of hydrogen-bond donors (Lipinski definition) is 0. The molecule has 1 saturated heterocycles. The van der Waals surface area contributed by atoms with Gasteiger partial charge in [0, 0.05) is 6.54 Å². The van der Waals surface area contributed by atoms with Gasteiger partial charge in [-0.15, -0.1) is 0 Å². The van der Waals surface area contributed by atoms with Crippen molar-refractivity contribution in [2.75, 3.05) is 13.3 Å². The molecule has 0 amide bonds. The van der Waals surface area contributed by atoms with Gasteiger partial charge in [-0.3, -0.25) is 0 Å². The molecular formula is C17H16FNO4S. The molecule has 0 N–H and O–H groups in total. The minimum Gasteiger partial charge on any atom is -0.454 e. The zero-order chi connectivity index (χ0) is 16.7. The van der Waals surface area contributed by atoms with E-state index >= 15 is 0 Å². The van der Waals surface area contributed by atoms with Crippen molar-refractivity contribution in [1.82, 2.24) is 4.31 Å². The molecule has 1 atom stereocenters. The third-order valence-corrected chi connectivity index (χ3v) is 6.33. The van der Waals surface area contributed by atoms with Gasteiger partial charge in [0.25, 0.3) is 0 Å². The zero-order valence-corrected chi connectivity index (χ0v) is 13.6. The molecule has 4 rings (SSSR count). The number of rotatable bonds is 3. The highest BCUT2D eigenvalue weighted by atomic mass is 32.2. The van der Waals surface area contributed by atoms with E-state index in [-0.39, 0.29) is 17.7 Å². The summed E-state index contributed by atoms with van der Waals surface area (Å²) in [5.41, 5.74) is 0.877. The Balaban J connectivity index is 1.68. The van der Waals surface area contributed by atoms with Crippen LogP contribution >= 0.6 is 0 Å². The summed E-state index contributed by atoms with van der Waals surface area (Å²) in [5.74, 6) is 0.853. The first-order valence-corrected chi connectivity index (χ1v) is 9.17. The quantitative estimate of drug-likeness (QED) is 0.854. The first kappa shape index (κ1) is 15.4. The molecule has 0 bridgehead atoms. The van der Waals surface area contributed by atoms with Gasteiger partial charge in [0.1, 0.15) is 5.82 Å². The predicted molar refractivity (Wildman–Crippen MR) is 84.8 cm³/mol. The lowest BCUT2D eigenvalue weighted by molar-refractivity contribution is 0.174. The monoisotopic (exact) mass is 349 g/mol. The number of sulfonamides is 1. The number of benzene rings is 2. The topological polar surface area (TPSA) is 55.8 Å². The van der Waals surface area contributed by atoms with Gasteiger partial charge in [-0.2, -0.15) is 4.31 Å². The second-order valence-electron chi connectivity index (χ2n) is 5.84. The van der Waals surface area contributed by atoms with Gasteiger partial charge in [0.05, 0.1) is 10.9 Å². The van der Waals surface area contributed by atoms with Crippen LogP contribution in [0, 0.1) is 5.82 Å². The first-order valence-electron chi connectivity index (χ1n) is 7.73. The molecule has 2 heterocycles. The molecule has 24 heavy (non-hydrogen) atoms. The fraction of sp³-hybridized carbons (Fsp3) is 0.294. The maximum atomic E-state index is 13.1. The Labute approximate surface area is 139 Å². The lowest BCUT2D eigenvalue weighted by Gasteiger charge is -2.24. The lowest BCUT2D eigenvalue weighted by Crippen LogP contribution is -2.30. The van der Waals surface area contributed by atoms with Crippen molar-refractivity contribution in [2.45, 2.75) is 23.8 Å². The molecule has 0 aromatic heterocycles. The molecule has 2 aromatic rings. The number of hydrogen-bond acceptors (Lipinski definition) is 4. The summed E-state index contributed by atoms with van der Waals surface area (Å²) in [6.45, 7) is 0.625. The highest BCUT2D eigenvalue weighted by molar-refractivity contribution is 7.89. The largest absolute Gasteiger partial charge is 0.454 e. The van der Waals surface area contributed by atoms with Crippen LogP contribution in [0.3, 0.4) is 0 Å². The number of ether oxygens (including phenoxy) is 2. The summed E-state index contributed by atoms with van der Waals surface area (Å²) >= 11 is 0. The number of fused-ring (bicyclic) bond motifs is 1. The van der Waals surface area contributed by atoms with Crippen molar-refractivity contribution in [3.05, 3.63) is 53.8 Å². The minimum absolute atomic E-state index is 0.108. The summed E-state index contributed by atoms with van der Waals surface area (Å²) in [7, 11) is -3.67. The molecule has 2 aliphatic heterocycles. The van der Waals surface area contributed by atoms with Crippen LogP contribution in [-0.2, 0) is 10.0 Å². The van der Waals surface area contributed by atoms with Gasteiger partial charge in [-0.1, -0.05) is 6.07 Å². The maximum absolute atomic E-state index is 13.1. The van der Waals surface area contributed by atoms with Crippen molar-refractivity contribution < 1.29 is 22.3 Å². The molecule has 2 aliphatic rings. The molecule has 7 heteroatoms. The fourth-order valence-corrected chi connectivity index (χ4v) is 4.91. The van der Waals surface area contributed by atoms with E-state index < -0.39 is 15.8 Å². The molecule has 0 saturated carbocycles. The number of nitrogens with zero attached hydrogens (tertiary/aromatic N) is 1. The average Bonchev–Trinajstić information content (AvgIpc) is 3.24. The van der Waals surface area contributed by atoms with Crippen LogP contribution < -0.4 is 9.47 Å². The van der Waals surface area contributed by atoms with Crippen LogP contribution in [0.25, 0.3) is 0 Å². The molecule has 0 aliphatic carbocycles. The van der Waals surface area contributed by atoms with E-state index in [0.717, 1.165) is 18.4 Å². The van der Waals surface area contributed by atoms with Crippen LogP contribution in [0.15, 0.2) is 47.4 Å². The van der Waals surface area contributed by atoms with Gasteiger partial charge in [-0.25, -0.2) is 12.8 Å². The van der Waals surface area contributed by atoms with Crippen molar-refractivity contribution in [1.29, 1.82) is 0 Å². The second-order valence-corrected chi connectivity index (χ2v) is 7.73. The van der Waals surface area contributed by atoms with E-state index in [9.17, 15) is 12.8 Å². The Bertz CT molecular complexity index is 867. The molecule has 126 valence electrons. The summed E-state index contributed by atoms with van der Waals surface area (Å²) in [5, 5.41) is 0. The van der Waals surface area contributed by atoms with E-state index in [0.29, 0.717) is 18.0 Å². The highest BCUT2D eigenvalue weighted by Gasteiger charge is 2.36. The Morgan fingerprint density at radius 3 is 2.58 bits per heavy atom. The van der Waals surface area contributed by atoms with Crippen molar-refractivity contribution in [3.8, 4) is 11.5 Å². The zero-order valence-electron chi connectivity index (χ0n) is 12.8. The van der Waals surface area contributed by atoms with Gasteiger partial charge in [-0.05, 0) is 54.8 Å². The summed E-state index contributed by atoms with van der Waals surface area (Å²) in [6.07, 6.45) is 1.51. The van der Waals surface area contributed by atoms with Crippen molar-refractivity contribution in [3.63, 3.8) is 0 Å². The first-order chi connectivity index (χ1) is 11.6. The van der Waals surface area contributed by atoms with Crippen LogP contribution in [0.2, 0.25) is 0 Å². The fourth-order valence-electron chi connectivity index (χ4n) is 3.22. The van der Waals surface area contributed by atoms with Gasteiger partial charge in [0.15, 0.2) is 11.5 Å². The van der Waals surface area contributed by atoms with E-state index in [1.807, 2.05) is 12.1 Å². The maximum Gasteiger partial charge on any atom is 0.243 e. The standard InChI is InChI=1S/C17H16FNO4S/c18-13-4-6-14(7-5-13)24(20,21)19-9-1-2-15(19)12-3-8-16-17(10-12)23-11-22-16/h3-8,10,15H,1-2,9,11H2. The third-order valence-electron chi connectivity index (χ3n) is 4.41. The second kappa shape index (κ2) is 5.75. The molecule has 2 aromatic carbocycles. The summed E-state index contributed by atoms with van der Waals surface area (Å²) in [6, 6.07) is 10.2. The number of halogens is 1. The molecule has 5 nitrogen and oxygen atoms in total. The van der Waals surface area contributed by atoms with Crippen LogP contribution in [0.1, 0.15) is 24.4 Å². The van der Waals surface area contributed by atoms with Crippen molar-refractivity contribution >= 4 is 10.0 Å². The van der Waals surface area contributed by atoms with E-state index in [2.05, 4.69) is 0 Å². The van der Waals surface area contributed by atoms with Crippen molar-refractivity contribution in [2.24, 2.45) is 0 Å². The van der Waals surface area contributed by atoms with Crippen LogP contribution in [-0.4, -0.2) is 26.1 Å². The predicted octanol–water partition coefficient (Wildman–Crippen LogP) is 3.08. The third kappa shape index (κ3) is 2.53. The van der Waals surface area contributed by atoms with Crippen LogP contribution in [0.4, 0.5) is 4.39 Å². The molecular weight excluding hydrogens is 333 g/mol. The van der Waals surface area contributed by atoms with E-state index in [4.69, 9.17) is 9.47 Å². The van der Waals surface area contributed by atoms with E-state index in [1.165, 1.54) is 28.6 Å². The Morgan fingerprint density at radius 1 is 1.04 bits per heavy atom. The minimum atomic E-state index is -3.67. The SMILES string of the molecule is O=S(=O)(c1ccc(F)cc1)N1CCCC1c1ccc2c(c1)OCO2. The molecule has 1 fully saturated rings. The van der Waals surface area contributed by atoms with Gasteiger partial charge < -0.3 is 9.47 Å². The Hall–Kier alpha value is -2.12.